The van der Waals surface area contributed by atoms with Crippen LogP contribution in [-0.4, -0.2) is 61.1 Å². The van der Waals surface area contributed by atoms with E-state index >= 15 is 0 Å². The number of methoxy groups -OCH3 is 1. The van der Waals surface area contributed by atoms with E-state index in [1.165, 1.54) is 0 Å². The summed E-state index contributed by atoms with van der Waals surface area (Å²) in [7, 11) is 1.59. The van der Waals surface area contributed by atoms with Crippen LogP contribution in [0.15, 0.2) is 22.7 Å². The molecule has 21 heavy (non-hydrogen) atoms. The first kappa shape index (κ1) is 14.2. The molecular formula is C14H16BrN3O3. The first-order valence-electron chi connectivity index (χ1n) is 6.77. The van der Waals surface area contributed by atoms with Gasteiger partial charge in [-0.2, -0.15) is 0 Å². The molecule has 0 aromatic heterocycles. The van der Waals surface area contributed by atoms with Crippen LogP contribution >= 0.6 is 15.9 Å². The summed E-state index contributed by atoms with van der Waals surface area (Å²) in [6.07, 6.45) is 0. The molecule has 6 nitrogen and oxygen atoms in total. The lowest BCUT2D eigenvalue weighted by Gasteiger charge is -2.36. The third-order valence-corrected chi connectivity index (χ3v) is 4.54. The molecule has 1 atom stereocenters. The van der Waals surface area contributed by atoms with E-state index in [-0.39, 0.29) is 18.0 Å². The number of piperazine rings is 1. The van der Waals surface area contributed by atoms with Gasteiger partial charge in [-0.1, -0.05) is 0 Å². The summed E-state index contributed by atoms with van der Waals surface area (Å²) in [5.41, 5.74) is 0.619. The third-order valence-electron chi connectivity index (χ3n) is 3.92. The van der Waals surface area contributed by atoms with Crippen molar-refractivity contribution in [1.29, 1.82) is 0 Å². The Labute approximate surface area is 131 Å². The summed E-state index contributed by atoms with van der Waals surface area (Å²) in [6.45, 7) is 2.32. The Morgan fingerprint density at radius 1 is 1.43 bits per heavy atom. The van der Waals surface area contributed by atoms with Gasteiger partial charge in [0, 0.05) is 31.7 Å². The highest BCUT2D eigenvalue weighted by molar-refractivity contribution is 9.10. The molecule has 1 unspecified atom stereocenters. The highest BCUT2D eigenvalue weighted by Gasteiger charge is 2.37. The lowest BCUT2D eigenvalue weighted by Crippen LogP contribution is -2.53. The zero-order valence-electron chi connectivity index (χ0n) is 11.6. The fourth-order valence-electron chi connectivity index (χ4n) is 2.77. The molecule has 1 N–H and O–H groups in total. The number of hydrogen-bond donors (Lipinski definition) is 1. The molecule has 1 aromatic carbocycles. The van der Waals surface area contributed by atoms with E-state index in [1.807, 2.05) is 0 Å². The molecule has 1 aromatic rings. The van der Waals surface area contributed by atoms with Crippen molar-refractivity contribution < 1.29 is 14.3 Å². The van der Waals surface area contributed by atoms with E-state index in [0.717, 1.165) is 4.47 Å². The van der Waals surface area contributed by atoms with Gasteiger partial charge in [0.2, 0.25) is 0 Å². The Balaban J connectivity index is 1.74. The molecule has 0 aliphatic carbocycles. The number of halogens is 1. The van der Waals surface area contributed by atoms with Gasteiger partial charge in [-0.3, -0.25) is 4.79 Å². The van der Waals surface area contributed by atoms with Crippen molar-refractivity contribution in [2.45, 2.75) is 6.04 Å². The Bertz CT molecular complexity index is 593. The summed E-state index contributed by atoms with van der Waals surface area (Å²) in [4.78, 5) is 27.7. The van der Waals surface area contributed by atoms with Gasteiger partial charge in [-0.15, -0.1) is 0 Å². The van der Waals surface area contributed by atoms with Crippen molar-refractivity contribution in [3.63, 3.8) is 0 Å². The van der Waals surface area contributed by atoms with E-state index in [0.29, 0.717) is 37.5 Å². The number of amides is 3. The van der Waals surface area contributed by atoms with Gasteiger partial charge >= 0.3 is 6.03 Å². The van der Waals surface area contributed by atoms with Crippen molar-refractivity contribution in [2.24, 2.45) is 0 Å². The van der Waals surface area contributed by atoms with Crippen molar-refractivity contribution in [1.82, 2.24) is 15.1 Å². The minimum absolute atomic E-state index is 0.0163. The maximum atomic E-state index is 12.6. The quantitative estimate of drug-likeness (QED) is 0.871. The summed E-state index contributed by atoms with van der Waals surface area (Å²) in [6, 6.07) is 5.35. The zero-order valence-corrected chi connectivity index (χ0v) is 13.2. The lowest BCUT2D eigenvalue weighted by molar-refractivity contribution is 0.0617. The van der Waals surface area contributed by atoms with Gasteiger partial charge < -0.3 is 19.9 Å². The predicted octanol–water partition coefficient (Wildman–Crippen LogP) is 1.31. The van der Waals surface area contributed by atoms with Crippen LogP contribution in [-0.2, 0) is 0 Å². The monoisotopic (exact) mass is 353 g/mol. The molecule has 3 amide bonds. The summed E-state index contributed by atoms with van der Waals surface area (Å²) in [5, 5.41) is 2.81. The Morgan fingerprint density at radius 3 is 2.95 bits per heavy atom. The van der Waals surface area contributed by atoms with Crippen LogP contribution in [0.4, 0.5) is 4.79 Å². The third kappa shape index (κ3) is 2.57. The zero-order chi connectivity index (χ0) is 15.0. The Morgan fingerprint density at radius 2 is 2.24 bits per heavy atom. The van der Waals surface area contributed by atoms with Crippen molar-refractivity contribution in [3.05, 3.63) is 28.2 Å². The highest BCUT2D eigenvalue weighted by atomic mass is 79.9. The number of benzene rings is 1. The summed E-state index contributed by atoms with van der Waals surface area (Å²) >= 11 is 3.39. The maximum absolute atomic E-state index is 12.6. The second-order valence-electron chi connectivity index (χ2n) is 5.13. The Kier molecular flexibility index (Phi) is 3.75. The van der Waals surface area contributed by atoms with E-state index in [4.69, 9.17) is 4.74 Å². The molecule has 0 bridgehead atoms. The second-order valence-corrected chi connectivity index (χ2v) is 5.99. The van der Waals surface area contributed by atoms with Crippen molar-refractivity contribution in [3.8, 4) is 5.75 Å². The van der Waals surface area contributed by atoms with Crippen LogP contribution in [0, 0.1) is 0 Å². The second kappa shape index (κ2) is 5.55. The minimum atomic E-state index is -0.0284. The molecule has 2 aliphatic heterocycles. The average molecular weight is 354 g/mol. The standard InChI is InChI=1S/C14H16BrN3O3/c1-21-12-3-2-9(6-11(12)15)13(19)17-4-5-18-10(8-17)7-16-14(18)20/h2-3,6,10H,4-5,7-8H2,1H3,(H,16,20). The average Bonchev–Trinajstić information content (AvgIpc) is 2.87. The number of rotatable bonds is 2. The Hall–Kier alpha value is -1.76. The molecule has 7 heteroatoms. The highest BCUT2D eigenvalue weighted by Crippen LogP contribution is 2.26. The molecule has 3 rings (SSSR count). The van der Waals surface area contributed by atoms with Gasteiger partial charge in [0.05, 0.1) is 17.6 Å². The SMILES string of the molecule is COc1ccc(C(=O)N2CCN3C(=O)NCC3C2)cc1Br. The maximum Gasteiger partial charge on any atom is 0.317 e. The van der Waals surface area contributed by atoms with Crippen LogP contribution in [0.1, 0.15) is 10.4 Å². The van der Waals surface area contributed by atoms with Gasteiger partial charge in [0.1, 0.15) is 5.75 Å². The van der Waals surface area contributed by atoms with Crippen LogP contribution < -0.4 is 10.1 Å². The van der Waals surface area contributed by atoms with Crippen molar-refractivity contribution in [2.75, 3.05) is 33.3 Å². The van der Waals surface area contributed by atoms with E-state index in [1.54, 1.807) is 35.1 Å². The van der Waals surface area contributed by atoms with Crippen molar-refractivity contribution >= 4 is 27.9 Å². The fraction of sp³-hybridized carbons (Fsp3) is 0.429. The normalized spacial score (nSPS) is 21.0. The molecule has 0 radical (unpaired) electrons. The van der Waals surface area contributed by atoms with E-state index < -0.39 is 0 Å². The number of urea groups is 1. The topological polar surface area (TPSA) is 61.9 Å². The van der Waals surface area contributed by atoms with Crippen LogP contribution in [0.5, 0.6) is 5.75 Å². The number of nitrogens with one attached hydrogen (secondary N) is 1. The largest absolute Gasteiger partial charge is 0.496 e. The van der Waals surface area contributed by atoms with E-state index in [9.17, 15) is 9.59 Å². The van der Waals surface area contributed by atoms with Gasteiger partial charge in [-0.25, -0.2) is 4.79 Å². The van der Waals surface area contributed by atoms with Gasteiger partial charge in [0.15, 0.2) is 0 Å². The number of nitrogens with zero attached hydrogens (tertiary/aromatic N) is 2. The molecule has 2 saturated heterocycles. The molecule has 2 fully saturated rings. The van der Waals surface area contributed by atoms with Gasteiger partial charge in [0.25, 0.3) is 5.91 Å². The van der Waals surface area contributed by atoms with Crippen LogP contribution in [0.25, 0.3) is 0 Å². The summed E-state index contributed by atoms with van der Waals surface area (Å²) in [5.74, 6) is 0.680. The smallest absolute Gasteiger partial charge is 0.317 e. The first-order valence-corrected chi connectivity index (χ1v) is 7.56. The fourth-order valence-corrected chi connectivity index (χ4v) is 3.31. The van der Waals surface area contributed by atoms with Gasteiger partial charge in [-0.05, 0) is 34.1 Å². The first-order chi connectivity index (χ1) is 10.1. The van der Waals surface area contributed by atoms with E-state index in [2.05, 4.69) is 21.2 Å². The molecule has 0 spiro atoms. The number of carbonyl (C=O) groups excluding carboxylic acids is 2. The molecule has 2 heterocycles. The number of carbonyl (C=O) groups is 2. The number of ether oxygens (including phenoxy) is 1. The summed E-state index contributed by atoms with van der Waals surface area (Å²) < 4.78 is 5.93. The van der Waals surface area contributed by atoms with Crippen LogP contribution in [0.3, 0.4) is 0 Å². The molecule has 0 saturated carbocycles. The lowest BCUT2D eigenvalue weighted by atomic mass is 10.1. The number of hydrogen-bond acceptors (Lipinski definition) is 3. The minimum Gasteiger partial charge on any atom is -0.496 e. The predicted molar refractivity (Wildman–Crippen MR) is 80.5 cm³/mol. The molecular weight excluding hydrogens is 338 g/mol. The van der Waals surface area contributed by atoms with Crippen LogP contribution in [0.2, 0.25) is 0 Å². The number of fused-ring (bicyclic) bond motifs is 1. The molecule has 112 valence electrons. The molecule has 2 aliphatic rings.